The van der Waals surface area contributed by atoms with Crippen LogP contribution in [0.2, 0.25) is 0 Å². The van der Waals surface area contributed by atoms with Crippen LogP contribution in [0.25, 0.3) is 0 Å². The molecule has 0 amide bonds. The highest BCUT2D eigenvalue weighted by atomic mass is 79.9. The number of aliphatic carboxylic acids is 1. The van der Waals surface area contributed by atoms with Gasteiger partial charge in [0, 0.05) is 19.0 Å². The molecule has 0 saturated carbocycles. The number of likely N-dealkylation sites (tertiary alicyclic amines) is 1. The standard InChI is InChI=1S/C13H16BrNO3/c1-15-6-9(10(7-15)13(16)17)8-3-4-12(18-2)11(14)5-8/h3-5,9-10H,6-7H2,1-2H3,(H,16,17). The molecule has 1 aliphatic rings. The zero-order valence-corrected chi connectivity index (χ0v) is 12.0. The van der Waals surface area contributed by atoms with Crippen LogP contribution in [0.15, 0.2) is 22.7 Å². The van der Waals surface area contributed by atoms with E-state index in [-0.39, 0.29) is 11.8 Å². The van der Waals surface area contributed by atoms with E-state index in [1.165, 1.54) is 0 Å². The molecule has 98 valence electrons. The fourth-order valence-corrected chi connectivity index (χ4v) is 3.06. The van der Waals surface area contributed by atoms with Gasteiger partial charge in [0.25, 0.3) is 0 Å². The number of hydrogen-bond acceptors (Lipinski definition) is 3. The summed E-state index contributed by atoms with van der Waals surface area (Å²) >= 11 is 3.44. The lowest BCUT2D eigenvalue weighted by molar-refractivity contribution is -0.141. The van der Waals surface area contributed by atoms with Crippen LogP contribution in [0, 0.1) is 5.92 Å². The van der Waals surface area contributed by atoms with E-state index in [1.54, 1.807) is 7.11 Å². The largest absolute Gasteiger partial charge is 0.496 e. The average Bonchev–Trinajstić information content (AvgIpc) is 2.71. The van der Waals surface area contributed by atoms with Crippen molar-refractivity contribution in [2.75, 3.05) is 27.2 Å². The Bertz CT molecular complexity index is 464. The van der Waals surface area contributed by atoms with Crippen molar-refractivity contribution in [3.05, 3.63) is 28.2 Å². The molecule has 1 N–H and O–H groups in total. The molecule has 0 bridgehead atoms. The highest BCUT2D eigenvalue weighted by Gasteiger charge is 2.37. The van der Waals surface area contributed by atoms with Crippen LogP contribution in [0.1, 0.15) is 11.5 Å². The Labute approximate surface area is 115 Å². The van der Waals surface area contributed by atoms with Crippen molar-refractivity contribution in [2.24, 2.45) is 5.92 Å². The van der Waals surface area contributed by atoms with Gasteiger partial charge in [0.15, 0.2) is 0 Å². The number of halogens is 1. The molecule has 0 aromatic heterocycles. The van der Waals surface area contributed by atoms with Crippen LogP contribution < -0.4 is 4.74 Å². The maximum Gasteiger partial charge on any atom is 0.308 e. The summed E-state index contributed by atoms with van der Waals surface area (Å²) in [7, 11) is 3.57. The van der Waals surface area contributed by atoms with Crippen LogP contribution in [0.3, 0.4) is 0 Å². The number of hydrogen-bond donors (Lipinski definition) is 1. The summed E-state index contributed by atoms with van der Waals surface area (Å²) in [5.41, 5.74) is 1.04. The molecule has 1 aliphatic heterocycles. The molecule has 1 aromatic carbocycles. The van der Waals surface area contributed by atoms with E-state index in [4.69, 9.17) is 4.74 Å². The second kappa shape index (κ2) is 5.28. The van der Waals surface area contributed by atoms with Gasteiger partial charge in [0.05, 0.1) is 17.5 Å². The van der Waals surface area contributed by atoms with Crippen molar-refractivity contribution in [2.45, 2.75) is 5.92 Å². The van der Waals surface area contributed by atoms with Crippen LogP contribution in [0.5, 0.6) is 5.75 Å². The van der Waals surface area contributed by atoms with Gasteiger partial charge in [-0.05, 0) is 40.7 Å². The minimum absolute atomic E-state index is 0.0368. The second-order valence-electron chi connectivity index (χ2n) is 4.67. The van der Waals surface area contributed by atoms with E-state index >= 15 is 0 Å². The van der Waals surface area contributed by atoms with Crippen molar-refractivity contribution in [3.63, 3.8) is 0 Å². The van der Waals surface area contributed by atoms with Crippen molar-refractivity contribution in [3.8, 4) is 5.75 Å². The number of rotatable bonds is 3. The van der Waals surface area contributed by atoms with Gasteiger partial charge >= 0.3 is 5.97 Å². The first kappa shape index (κ1) is 13.4. The third-order valence-electron chi connectivity index (χ3n) is 3.42. The summed E-state index contributed by atoms with van der Waals surface area (Å²) in [4.78, 5) is 13.3. The predicted molar refractivity (Wildman–Crippen MR) is 72.1 cm³/mol. The third kappa shape index (κ3) is 2.52. The molecule has 18 heavy (non-hydrogen) atoms. The van der Waals surface area contributed by atoms with E-state index in [1.807, 2.05) is 25.2 Å². The molecule has 1 fully saturated rings. The first-order valence-corrected chi connectivity index (χ1v) is 6.57. The van der Waals surface area contributed by atoms with Gasteiger partial charge in [0.1, 0.15) is 5.75 Å². The monoisotopic (exact) mass is 313 g/mol. The molecule has 0 spiro atoms. The quantitative estimate of drug-likeness (QED) is 0.929. The lowest BCUT2D eigenvalue weighted by atomic mass is 9.89. The number of carboxylic acid groups (broad SMARTS) is 1. The fourth-order valence-electron chi connectivity index (χ4n) is 2.50. The van der Waals surface area contributed by atoms with Crippen LogP contribution in [-0.4, -0.2) is 43.2 Å². The normalized spacial score (nSPS) is 24.2. The van der Waals surface area contributed by atoms with Gasteiger partial charge in [-0.1, -0.05) is 6.07 Å². The Morgan fingerprint density at radius 1 is 1.50 bits per heavy atom. The Morgan fingerprint density at radius 3 is 2.78 bits per heavy atom. The molecular weight excluding hydrogens is 298 g/mol. The number of ether oxygens (including phenoxy) is 1. The number of benzene rings is 1. The van der Waals surface area contributed by atoms with Gasteiger partial charge < -0.3 is 14.7 Å². The van der Waals surface area contributed by atoms with E-state index < -0.39 is 5.97 Å². The Morgan fingerprint density at radius 2 is 2.22 bits per heavy atom. The molecule has 2 rings (SSSR count). The predicted octanol–water partition coefficient (Wildman–Crippen LogP) is 2.19. The minimum Gasteiger partial charge on any atom is -0.496 e. The molecular formula is C13H16BrNO3. The van der Waals surface area contributed by atoms with Crippen molar-refractivity contribution >= 4 is 21.9 Å². The summed E-state index contributed by atoms with van der Waals surface area (Å²) in [5.74, 6) is -0.265. The van der Waals surface area contributed by atoms with E-state index in [0.29, 0.717) is 6.54 Å². The van der Waals surface area contributed by atoms with Gasteiger partial charge in [0.2, 0.25) is 0 Å². The number of carboxylic acids is 1. The lowest BCUT2D eigenvalue weighted by Gasteiger charge is -2.16. The number of carbonyl (C=O) groups is 1. The maximum atomic E-state index is 11.3. The number of methoxy groups -OCH3 is 1. The van der Waals surface area contributed by atoms with Gasteiger partial charge in [-0.25, -0.2) is 0 Å². The minimum atomic E-state index is -0.726. The molecule has 0 aliphatic carbocycles. The average molecular weight is 314 g/mol. The van der Waals surface area contributed by atoms with E-state index in [9.17, 15) is 9.90 Å². The lowest BCUT2D eigenvalue weighted by Crippen LogP contribution is -2.21. The third-order valence-corrected chi connectivity index (χ3v) is 4.04. The Balaban J connectivity index is 2.30. The number of likely N-dealkylation sites (N-methyl/N-ethyl adjacent to an activating group) is 1. The zero-order valence-electron chi connectivity index (χ0n) is 10.4. The second-order valence-corrected chi connectivity index (χ2v) is 5.52. The van der Waals surface area contributed by atoms with Crippen molar-refractivity contribution in [1.29, 1.82) is 0 Å². The highest BCUT2D eigenvalue weighted by molar-refractivity contribution is 9.10. The summed E-state index contributed by atoms with van der Waals surface area (Å²) in [6, 6.07) is 5.78. The smallest absolute Gasteiger partial charge is 0.308 e. The molecule has 1 saturated heterocycles. The first-order valence-electron chi connectivity index (χ1n) is 5.77. The van der Waals surface area contributed by atoms with Crippen molar-refractivity contribution < 1.29 is 14.6 Å². The summed E-state index contributed by atoms with van der Waals surface area (Å²) in [5, 5.41) is 9.27. The summed E-state index contributed by atoms with van der Waals surface area (Å²) < 4.78 is 6.05. The fraction of sp³-hybridized carbons (Fsp3) is 0.462. The Kier molecular flexibility index (Phi) is 3.92. The highest BCUT2D eigenvalue weighted by Crippen LogP contribution is 2.35. The molecule has 2 atom stereocenters. The van der Waals surface area contributed by atoms with Gasteiger partial charge in [-0.15, -0.1) is 0 Å². The van der Waals surface area contributed by atoms with Gasteiger partial charge in [-0.2, -0.15) is 0 Å². The molecule has 1 aromatic rings. The first-order chi connectivity index (χ1) is 8.52. The summed E-state index contributed by atoms with van der Waals surface area (Å²) in [6.07, 6.45) is 0. The maximum absolute atomic E-state index is 11.3. The molecule has 0 radical (unpaired) electrons. The number of nitrogens with zero attached hydrogens (tertiary/aromatic N) is 1. The van der Waals surface area contributed by atoms with Crippen LogP contribution >= 0.6 is 15.9 Å². The molecule has 1 heterocycles. The molecule has 5 heteroatoms. The SMILES string of the molecule is COc1ccc(C2CN(C)CC2C(=O)O)cc1Br. The van der Waals surface area contributed by atoms with E-state index in [0.717, 1.165) is 22.3 Å². The van der Waals surface area contributed by atoms with E-state index in [2.05, 4.69) is 20.8 Å². The molecule has 2 unspecified atom stereocenters. The summed E-state index contributed by atoms with van der Waals surface area (Å²) in [6.45, 7) is 1.37. The van der Waals surface area contributed by atoms with Gasteiger partial charge in [-0.3, -0.25) is 4.79 Å². The topological polar surface area (TPSA) is 49.8 Å². The van der Waals surface area contributed by atoms with Crippen molar-refractivity contribution in [1.82, 2.24) is 4.90 Å². The van der Waals surface area contributed by atoms with Crippen LogP contribution in [0.4, 0.5) is 0 Å². The Hall–Kier alpha value is -1.07. The van der Waals surface area contributed by atoms with Crippen LogP contribution in [-0.2, 0) is 4.79 Å². The molecule has 4 nitrogen and oxygen atoms in total. The zero-order chi connectivity index (χ0) is 13.3.